The molecule has 0 atom stereocenters. The minimum atomic E-state index is -0.198. The van der Waals surface area contributed by atoms with Gasteiger partial charge >= 0.3 is 0 Å². The van der Waals surface area contributed by atoms with Crippen molar-refractivity contribution in [2.75, 3.05) is 0 Å². The Labute approximate surface area is 118 Å². The molecule has 0 aliphatic carbocycles. The summed E-state index contributed by atoms with van der Waals surface area (Å²) < 4.78 is 0. The van der Waals surface area contributed by atoms with E-state index in [1.165, 1.54) is 30.3 Å². The van der Waals surface area contributed by atoms with Crippen LogP contribution in [0.2, 0.25) is 0 Å². The van der Waals surface area contributed by atoms with Crippen molar-refractivity contribution in [1.82, 2.24) is 0 Å². The summed E-state index contributed by atoms with van der Waals surface area (Å²) in [5.41, 5.74) is 1.31. The van der Waals surface area contributed by atoms with Crippen LogP contribution < -0.4 is 0 Å². The highest BCUT2D eigenvalue weighted by Gasteiger charge is 1.99. The highest BCUT2D eigenvalue weighted by atomic mass is 16.3. The Morgan fingerprint density at radius 1 is 0.600 bits per heavy atom. The SMILES string of the molecule is C.C.Oc1cc(O)cc(/C=C/c2ccc(O)c(O)c2)c1. The van der Waals surface area contributed by atoms with E-state index in [1.54, 1.807) is 18.2 Å². The maximum Gasteiger partial charge on any atom is 0.157 e. The average molecular weight is 276 g/mol. The molecule has 2 aromatic carbocycles. The average Bonchev–Trinajstić information content (AvgIpc) is 2.29. The molecule has 0 fully saturated rings. The molecule has 0 unspecified atom stereocenters. The standard InChI is InChI=1S/C14H12O4.2CH4/c15-11-5-10(6-12(16)8-11)2-1-9-3-4-13(17)14(18)7-9;;/h1-8,15-18H;2*1H4/b2-1+;;. The molecule has 0 aromatic heterocycles. The number of phenolic OH excluding ortho intramolecular Hbond substituents is 4. The monoisotopic (exact) mass is 276 g/mol. The quantitative estimate of drug-likeness (QED) is 0.494. The van der Waals surface area contributed by atoms with Gasteiger partial charge in [-0.2, -0.15) is 0 Å². The van der Waals surface area contributed by atoms with E-state index >= 15 is 0 Å². The maximum atomic E-state index is 9.32. The molecule has 4 nitrogen and oxygen atoms in total. The Kier molecular flexibility index (Phi) is 6.16. The van der Waals surface area contributed by atoms with Crippen LogP contribution in [0.25, 0.3) is 12.2 Å². The molecule has 0 heterocycles. The Bertz CT molecular complexity index is 583. The highest BCUT2D eigenvalue weighted by Crippen LogP contribution is 2.26. The van der Waals surface area contributed by atoms with Crippen LogP contribution in [-0.2, 0) is 0 Å². The zero-order valence-corrected chi connectivity index (χ0v) is 9.41. The molecule has 0 aliphatic heterocycles. The van der Waals surface area contributed by atoms with Gasteiger partial charge in [-0.3, -0.25) is 0 Å². The Morgan fingerprint density at radius 2 is 1.15 bits per heavy atom. The largest absolute Gasteiger partial charge is 0.508 e. The van der Waals surface area contributed by atoms with Gasteiger partial charge in [-0.25, -0.2) is 0 Å². The molecule has 108 valence electrons. The molecule has 2 aromatic rings. The third kappa shape index (κ3) is 4.24. The maximum absolute atomic E-state index is 9.32. The molecular formula is C16H20O4. The highest BCUT2D eigenvalue weighted by molar-refractivity contribution is 5.72. The van der Waals surface area contributed by atoms with Crippen molar-refractivity contribution < 1.29 is 20.4 Å². The van der Waals surface area contributed by atoms with Gasteiger partial charge in [-0.05, 0) is 35.4 Å². The molecule has 4 N–H and O–H groups in total. The summed E-state index contributed by atoms with van der Waals surface area (Å²) in [5, 5.41) is 37.1. The van der Waals surface area contributed by atoms with Crippen molar-refractivity contribution in [2.24, 2.45) is 0 Å². The van der Waals surface area contributed by atoms with Crippen LogP contribution >= 0.6 is 0 Å². The van der Waals surface area contributed by atoms with Crippen molar-refractivity contribution in [2.45, 2.75) is 14.9 Å². The van der Waals surface area contributed by atoms with E-state index in [0.29, 0.717) is 11.1 Å². The van der Waals surface area contributed by atoms with Crippen LogP contribution in [0.4, 0.5) is 0 Å². The number of hydrogen-bond donors (Lipinski definition) is 4. The van der Waals surface area contributed by atoms with Crippen molar-refractivity contribution in [3.05, 3.63) is 47.5 Å². The third-order valence-corrected chi connectivity index (χ3v) is 2.39. The van der Waals surface area contributed by atoms with Gasteiger partial charge in [0.05, 0.1) is 0 Å². The molecule has 0 bridgehead atoms. The smallest absolute Gasteiger partial charge is 0.157 e. The summed E-state index contributed by atoms with van der Waals surface area (Å²) in [6.45, 7) is 0. The summed E-state index contributed by atoms with van der Waals surface area (Å²) in [6.07, 6.45) is 3.36. The van der Waals surface area contributed by atoms with E-state index < -0.39 is 0 Å². The van der Waals surface area contributed by atoms with Gasteiger partial charge in [0.15, 0.2) is 11.5 Å². The third-order valence-electron chi connectivity index (χ3n) is 2.39. The number of benzene rings is 2. The van der Waals surface area contributed by atoms with Crippen LogP contribution in [0.15, 0.2) is 36.4 Å². The van der Waals surface area contributed by atoms with E-state index in [1.807, 2.05) is 0 Å². The molecule has 4 heteroatoms. The fraction of sp³-hybridized carbons (Fsp3) is 0.125. The van der Waals surface area contributed by atoms with Crippen molar-refractivity contribution in [3.63, 3.8) is 0 Å². The van der Waals surface area contributed by atoms with E-state index in [9.17, 15) is 15.3 Å². The number of hydrogen-bond acceptors (Lipinski definition) is 4. The van der Waals surface area contributed by atoms with Gasteiger partial charge in [-0.1, -0.05) is 33.1 Å². The second-order valence-corrected chi connectivity index (χ2v) is 3.86. The molecular weight excluding hydrogens is 256 g/mol. The zero-order chi connectivity index (χ0) is 13.1. The first-order valence-corrected chi connectivity index (χ1v) is 5.28. The summed E-state index contributed by atoms with van der Waals surface area (Å²) in [5.74, 6) is -0.426. The fourth-order valence-electron chi connectivity index (χ4n) is 1.55. The first-order valence-electron chi connectivity index (χ1n) is 5.28. The zero-order valence-electron chi connectivity index (χ0n) is 9.41. The molecule has 0 saturated heterocycles. The molecule has 0 amide bonds. The topological polar surface area (TPSA) is 80.9 Å². The van der Waals surface area contributed by atoms with Gasteiger partial charge in [0.25, 0.3) is 0 Å². The summed E-state index contributed by atoms with van der Waals surface area (Å²) in [4.78, 5) is 0. The lowest BCUT2D eigenvalue weighted by atomic mass is 10.1. The number of phenols is 4. The van der Waals surface area contributed by atoms with Gasteiger partial charge < -0.3 is 20.4 Å². The van der Waals surface area contributed by atoms with Crippen LogP contribution in [0, 0.1) is 0 Å². The lowest BCUT2D eigenvalue weighted by Gasteiger charge is -2.00. The number of aromatic hydroxyl groups is 4. The first-order chi connectivity index (χ1) is 8.54. The van der Waals surface area contributed by atoms with Crippen LogP contribution in [0.1, 0.15) is 26.0 Å². The Morgan fingerprint density at radius 3 is 1.70 bits per heavy atom. The van der Waals surface area contributed by atoms with Gasteiger partial charge in [0.2, 0.25) is 0 Å². The normalized spacial score (nSPS) is 9.80. The fourth-order valence-corrected chi connectivity index (χ4v) is 1.55. The van der Waals surface area contributed by atoms with Crippen molar-refractivity contribution in [1.29, 1.82) is 0 Å². The van der Waals surface area contributed by atoms with Crippen LogP contribution in [0.5, 0.6) is 23.0 Å². The van der Waals surface area contributed by atoms with Crippen molar-refractivity contribution in [3.8, 4) is 23.0 Å². The molecule has 2 rings (SSSR count). The second kappa shape index (κ2) is 7.09. The second-order valence-electron chi connectivity index (χ2n) is 3.86. The van der Waals surface area contributed by atoms with Crippen molar-refractivity contribution >= 4 is 12.2 Å². The van der Waals surface area contributed by atoms with E-state index in [2.05, 4.69) is 0 Å². The lowest BCUT2D eigenvalue weighted by Crippen LogP contribution is -1.75. The summed E-state index contributed by atoms with van der Waals surface area (Å²) in [6, 6.07) is 8.66. The van der Waals surface area contributed by atoms with Crippen LogP contribution in [0.3, 0.4) is 0 Å². The Hall–Kier alpha value is -2.62. The van der Waals surface area contributed by atoms with Gasteiger partial charge in [-0.15, -0.1) is 0 Å². The van der Waals surface area contributed by atoms with E-state index in [-0.39, 0.29) is 37.9 Å². The summed E-state index contributed by atoms with van der Waals surface area (Å²) in [7, 11) is 0. The van der Waals surface area contributed by atoms with E-state index in [4.69, 9.17) is 5.11 Å². The molecule has 0 saturated carbocycles. The number of rotatable bonds is 2. The predicted octanol–water partition coefficient (Wildman–Crippen LogP) is 3.95. The predicted molar refractivity (Wildman–Crippen MR) is 81.9 cm³/mol. The lowest BCUT2D eigenvalue weighted by molar-refractivity contribution is 0.403. The summed E-state index contributed by atoms with van der Waals surface area (Å²) >= 11 is 0. The van der Waals surface area contributed by atoms with Gasteiger partial charge in [0, 0.05) is 6.07 Å². The molecule has 0 spiro atoms. The first kappa shape index (κ1) is 17.4. The molecule has 20 heavy (non-hydrogen) atoms. The van der Waals surface area contributed by atoms with Crippen LogP contribution in [-0.4, -0.2) is 20.4 Å². The minimum Gasteiger partial charge on any atom is -0.508 e. The minimum absolute atomic E-state index is 0. The molecule has 0 radical (unpaired) electrons. The van der Waals surface area contributed by atoms with E-state index in [0.717, 1.165) is 0 Å². The Balaban J connectivity index is 0.00000180. The molecule has 0 aliphatic rings. The van der Waals surface area contributed by atoms with Gasteiger partial charge in [0.1, 0.15) is 11.5 Å².